The molecule has 0 unspecified atom stereocenters. The highest BCUT2D eigenvalue weighted by Gasteiger charge is 2.30. The molecule has 0 fully saturated rings. The summed E-state index contributed by atoms with van der Waals surface area (Å²) in [5, 5.41) is 0. The van der Waals surface area contributed by atoms with E-state index in [1.807, 2.05) is 6.92 Å². The van der Waals surface area contributed by atoms with Gasteiger partial charge in [0.1, 0.15) is 11.5 Å². The fraction of sp³-hybridized carbons (Fsp3) is 0.455. The number of aromatic nitrogens is 1. The van der Waals surface area contributed by atoms with Crippen LogP contribution in [0.15, 0.2) is 18.3 Å². The van der Waals surface area contributed by atoms with Crippen LogP contribution in [0, 0.1) is 0 Å². The fourth-order valence-electron chi connectivity index (χ4n) is 1.54. The summed E-state index contributed by atoms with van der Waals surface area (Å²) in [4.78, 5) is 5.21. The zero-order valence-electron chi connectivity index (χ0n) is 9.87. The smallest absolute Gasteiger partial charge is 0.388 e. The average Bonchev–Trinajstić information content (AvgIpc) is 2.27. The van der Waals surface area contributed by atoms with E-state index in [2.05, 4.69) is 4.98 Å². The Morgan fingerprint density at radius 3 is 2.67 bits per heavy atom. The Morgan fingerprint density at radius 1 is 1.50 bits per heavy atom. The van der Waals surface area contributed by atoms with Crippen molar-refractivity contribution in [2.24, 2.45) is 5.73 Å². The predicted octanol–water partition coefficient (Wildman–Crippen LogP) is 2.49. The van der Waals surface area contributed by atoms with Crippen LogP contribution < -0.4 is 10.6 Å². The molecule has 0 aliphatic heterocycles. The van der Waals surface area contributed by atoms with Crippen LogP contribution in [-0.2, 0) is 0 Å². The van der Waals surface area contributed by atoms with E-state index in [1.54, 1.807) is 0 Å². The van der Waals surface area contributed by atoms with Crippen LogP contribution in [0.4, 0.5) is 18.9 Å². The largest absolute Gasteiger partial charge is 0.405 e. The maximum absolute atomic E-state index is 12.5. The standard InChI is InChI=1S/C11H14F3N3S/c1-2-5-17(7-11(12,13)14)8-3-4-16-9(6-8)10(15)18/h3-4,6H,2,5,7H2,1H3,(H2,15,18). The average molecular weight is 277 g/mol. The van der Waals surface area contributed by atoms with Gasteiger partial charge in [-0.05, 0) is 18.6 Å². The Balaban J connectivity index is 2.98. The molecule has 0 amide bonds. The summed E-state index contributed by atoms with van der Waals surface area (Å²) < 4.78 is 37.4. The minimum atomic E-state index is -4.25. The minimum Gasteiger partial charge on any atom is -0.388 e. The normalized spacial score (nSPS) is 11.3. The number of thiocarbonyl (C=S) groups is 1. The molecule has 0 radical (unpaired) electrons. The quantitative estimate of drug-likeness (QED) is 0.840. The molecule has 0 aromatic carbocycles. The monoisotopic (exact) mass is 277 g/mol. The SMILES string of the molecule is CCCN(CC(F)(F)F)c1ccnc(C(N)=S)c1. The predicted molar refractivity (Wildman–Crippen MR) is 68.7 cm³/mol. The molecule has 1 aromatic rings. The van der Waals surface area contributed by atoms with E-state index in [1.165, 1.54) is 23.2 Å². The summed E-state index contributed by atoms with van der Waals surface area (Å²) in [6.07, 6.45) is -2.23. The van der Waals surface area contributed by atoms with Gasteiger partial charge in [-0.3, -0.25) is 4.98 Å². The van der Waals surface area contributed by atoms with Crippen molar-refractivity contribution in [3.8, 4) is 0 Å². The molecule has 0 spiro atoms. The van der Waals surface area contributed by atoms with Crippen molar-refractivity contribution < 1.29 is 13.2 Å². The number of nitrogens with zero attached hydrogens (tertiary/aromatic N) is 2. The Kier molecular flexibility index (Phi) is 4.89. The Bertz CT molecular complexity index is 420. The molecule has 1 aromatic heterocycles. The van der Waals surface area contributed by atoms with Gasteiger partial charge >= 0.3 is 6.18 Å². The molecule has 0 saturated heterocycles. The van der Waals surface area contributed by atoms with Gasteiger partial charge in [-0.25, -0.2) is 0 Å². The number of anilines is 1. The van der Waals surface area contributed by atoms with Gasteiger partial charge in [-0.15, -0.1) is 0 Å². The van der Waals surface area contributed by atoms with E-state index in [9.17, 15) is 13.2 Å². The third-order valence-corrected chi connectivity index (χ3v) is 2.43. The molecular formula is C11H14F3N3S. The van der Waals surface area contributed by atoms with Gasteiger partial charge in [0.2, 0.25) is 0 Å². The Labute approximate surface area is 109 Å². The number of rotatable bonds is 5. The molecule has 100 valence electrons. The first kappa shape index (κ1) is 14.7. The number of hydrogen-bond donors (Lipinski definition) is 1. The Morgan fingerprint density at radius 2 is 2.17 bits per heavy atom. The number of hydrogen-bond acceptors (Lipinski definition) is 3. The minimum absolute atomic E-state index is 0.0697. The van der Waals surface area contributed by atoms with Gasteiger partial charge in [0.25, 0.3) is 0 Å². The summed E-state index contributed by atoms with van der Waals surface area (Å²) in [6.45, 7) is 1.13. The number of halogens is 3. The molecule has 7 heteroatoms. The summed E-state index contributed by atoms with van der Waals surface area (Å²) in [6, 6.07) is 2.99. The van der Waals surface area contributed by atoms with E-state index >= 15 is 0 Å². The third kappa shape index (κ3) is 4.48. The van der Waals surface area contributed by atoms with E-state index in [4.69, 9.17) is 18.0 Å². The second-order valence-electron chi connectivity index (χ2n) is 3.80. The van der Waals surface area contributed by atoms with Crippen LogP contribution in [0.1, 0.15) is 19.0 Å². The summed E-state index contributed by atoms with van der Waals surface area (Å²) in [7, 11) is 0. The molecular weight excluding hydrogens is 263 g/mol. The summed E-state index contributed by atoms with van der Waals surface area (Å²) in [5.41, 5.74) is 6.16. The lowest BCUT2D eigenvalue weighted by Crippen LogP contribution is -2.35. The zero-order chi connectivity index (χ0) is 13.8. The van der Waals surface area contributed by atoms with Crippen LogP contribution in [0.5, 0.6) is 0 Å². The lowest BCUT2D eigenvalue weighted by atomic mass is 10.2. The van der Waals surface area contributed by atoms with Gasteiger partial charge in [0, 0.05) is 18.4 Å². The summed E-state index contributed by atoms with van der Waals surface area (Å²) >= 11 is 4.76. The molecule has 0 bridgehead atoms. The van der Waals surface area contributed by atoms with Crippen molar-refractivity contribution in [2.45, 2.75) is 19.5 Å². The lowest BCUT2D eigenvalue weighted by molar-refractivity contribution is -0.119. The van der Waals surface area contributed by atoms with Gasteiger partial charge in [-0.1, -0.05) is 19.1 Å². The molecule has 2 N–H and O–H groups in total. The number of alkyl halides is 3. The van der Waals surface area contributed by atoms with Gasteiger partial charge < -0.3 is 10.6 Å². The zero-order valence-corrected chi connectivity index (χ0v) is 10.7. The van der Waals surface area contributed by atoms with Crippen LogP contribution in [0.25, 0.3) is 0 Å². The highest BCUT2D eigenvalue weighted by Crippen LogP contribution is 2.22. The van der Waals surface area contributed by atoms with Gasteiger partial charge in [0.05, 0.1) is 5.69 Å². The van der Waals surface area contributed by atoms with Crippen LogP contribution in [-0.4, -0.2) is 29.2 Å². The van der Waals surface area contributed by atoms with Crippen LogP contribution in [0.3, 0.4) is 0 Å². The van der Waals surface area contributed by atoms with E-state index < -0.39 is 12.7 Å². The molecule has 0 atom stereocenters. The van der Waals surface area contributed by atoms with Gasteiger partial charge in [-0.2, -0.15) is 13.2 Å². The van der Waals surface area contributed by atoms with E-state index in [0.717, 1.165) is 0 Å². The highest BCUT2D eigenvalue weighted by atomic mass is 32.1. The second kappa shape index (κ2) is 5.99. The molecule has 1 heterocycles. The van der Waals surface area contributed by atoms with E-state index in [0.29, 0.717) is 24.3 Å². The first-order valence-corrected chi connectivity index (χ1v) is 5.82. The summed E-state index contributed by atoms with van der Waals surface area (Å²) in [5.74, 6) is 0. The molecule has 0 aliphatic carbocycles. The van der Waals surface area contributed by atoms with Crippen molar-refractivity contribution in [1.29, 1.82) is 0 Å². The number of pyridine rings is 1. The second-order valence-corrected chi connectivity index (χ2v) is 4.24. The van der Waals surface area contributed by atoms with Crippen LogP contribution >= 0.6 is 12.2 Å². The van der Waals surface area contributed by atoms with Crippen molar-refractivity contribution in [2.75, 3.05) is 18.0 Å². The maximum Gasteiger partial charge on any atom is 0.405 e. The van der Waals surface area contributed by atoms with E-state index in [-0.39, 0.29) is 4.99 Å². The van der Waals surface area contributed by atoms with Crippen molar-refractivity contribution >= 4 is 22.9 Å². The third-order valence-electron chi connectivity index (χ3n) is 2.22. The molecule has 0 aliphatic rings. The van der Waals surface area contributed by atoms with Crippen LogP contribution in [0.2, 0.25) is 0 Å². The first-order chi connectivity index (χ1) is 8.33. The highest BCUT2D eigenvalue weighted by molar-refractivity contribution is 7.80. The fourth-order valence-corrected chi connectivity index (χ4v) is 1.65. The van der Waals surface area contributed by atoms with Crippen molar-refractivity contribution in [3.63, 3.8) is 0 Å². The van der Waals surface area contributed by atoms with Crippen molar-refractivity contribution in [1.82, 2.24) is 4.98 Å². The van der Waals surface area contributed by atoms with Crippen molar-refractivity contribution in [3.05, 3.63) is 24.0 Å². The topological polar surface area (TPSA) is 42.2 Å². The molecule has 18 heavy (non-hydrogen) atoms. The molecule has 0 saturated carbocycles. The van der Waals surface area contributed by atoms with Gasteiger partial charge in [0.15, 0.2) is 0 Å². The molecule has 3 nitrogen and oxygen atoms in total. The lowest BCUT2D eigenvalue weighted by Gasteiger charge is -2.25. The first-order valence-electron chi connectivity index (χ1n) is 5.41. The maximum atomic E-state index is 12.5. The molecule has 1 rings (SSSR count). The number of nitrogens with two attached hydrogens (primary N) is 1. The Hall–Kier alpha value is -1.37.